The van der Waals surface area contributed by atoms with Gasteiger partial charge in [0.2, 0.25) is 5.88 Å². The van der Waals surface area contributed by atoms with Crippen molar-refractivity contribution in [2.24, 2.45) is 0 Å². The number of carbonyl (C=O) groups excluding carboxylic acids is 1. The number of thiazole rings is 1. The third kappa shape index (κ3) is 3.73. The molecule has 138 valence electrons. The number of nitrogens with zero attached hydrogens (tertiary/aromatic N) is 3. The molecule has 2 aromatic heterocycles. The molecule has 2 saturated heterocycles. The molecule has 2 aromatic rings. The van der Waals surface area contributed by atoms with Crippen molar-refractivity contribution in [3.05, 3.63) is 40.5 Å². The lowest BCUT2D eigenvalue weighted by atomic mass is 9.83. The summed E-state index contributed by atoms with van der Waals surface area (Å²) in [5.74, 6) is 0.705. The Bertz CT molecular complexity index is 757. The van der Waals surface area contributed by atoms with E-state index in [1.54, 1.807) is 5.51 Å². The zero-order valence-corrected chi connectivity index (χ0v) is 15.7. The van der Waals surface area contributed by atoms with Crippen LogP contribution in [-0.2, 0) is 4.74 Å². The summed E-state index contributed by atoms with van der Waals surface area (Å²) >= 11 is 1.45. The van der Waals surface area contributed by atoms with Crippen LogP contribution in [0.3, 0.4) is 0 Å². The van der Waals surface area contributed by atoms with Gasteiger partial charge in [0.1, 0.15) is 11.8 Å². The summed E-state index contributed by atoms with van der Waals surface area (Å²) in [4.78, 5) is 22.9. The molecule has 0 aliphatic carbocycles. The molecule has 2 fully saturated rings. The molecule has 0 N–H and O–H groups in total. The number of hydrogen-bond donors (Lipinski definition) is 0. The van der Waals surface area contributed by atoms with Crippen LogP contribution in [0.4, 0.5) is 0 Å². The Morgan fingerprint density at radius 2 is 2.23 bits per heavy atom. The maximum absolute atomic E-state index is 12.5. The quantitative estimate of drug-likeness (QED) is 0.827. The van der Waals surface area contributed by atoms with Gasteiger partial charge in [0.05, 0.1) is 17.7 Å². The van der Waals surface area contributed by atoms with Gasteiger partial charge in [-0.3, -0.25) is 4.79 Å². The molecule has 0 saturated carbocycles. The molecule has 0 aromatic carbocycles. The van der Waals surface area contributed by atoms with Gasteiger partial charge in [0.15, 0.2) is 0 Å². The summed E-state index contributed by atoms with van der Waals surface area (Å²) < 4.78 is 12.3. The molecule has 1 atom stereocenters. The highest BCUT2D eigenvalue weighted by molar-refractivity contribution is 7.07. The van der Waals surface area contributed by atoms with Crippen LogP contribution >= 0.6 is 11.3 Å². The molecule has 4 rings (SSSR count). The molecule has 2 aliphatic heterocycles. The monoisotopic (exact) mass is 373 g/mol. The first-order valence-electron chi connectivity index (χ1n) is 9.05. The average Bonchev–Trinajstić information content (AvgIpc) is 3.17. The molecule has 1 spiro atoms. The summed E-state index contributed by atoms with van der Waals surface area (Å²) in [7, 11) is 0. The van der Waals surface area contributed by atoms with Gasteiger partial charge >= 0.3 is 0 Å². The van der Waals surface area contributed by atoms with Gasteiger partial charge in [-0.1, -0.05) is 6.07 Å². The summed E-state index contributed by atoms with van der Waals surface area (Å²) in [6.45, 7) is 4.06. The maximum Gasteiger partial charge on any atom is 0.273 e. The Hall–Kier alpha value is -1.99. The molecule has 7 heteroatoms. The van der Waals surface area contributed by atoms with E-state index >= 15 is 0 Å². The van der Waals surface area contributed by atoms with Crippen LogP contribution in [0.2, 0.25) is 0 Å². The second kappa shape index (κ2) is 7.32. The van der Waals surface area contributed by atoms with E-state index in [0.717, 1.165) is 31.4 Å². The van der Waals surface area contributed by atoms with Gasteiger partial charge in [-0.25, -0.2) is 9.97 Å². The lowest BCUT2D eigenvalue weighted by molar-refractivity contribution is -0.135. The van der Waals surface area contributed by atoms with E-state index in [2.05, 4.69) is 9.97 Å². The van der Waals surface area contributed by atoms with Crippen molar-refractivity contribution in [2.45, 2.75) is 44.3 Å². The number of piperidine rings is 1. The predicted molar refractivity (Wildman–Crippen MR) is 98.6 cm³/mol. The molecule has 2 aliphatic rings. The summed E-state index contributed by atoms with van der Waals surface area (Å²) in [6.07, 6.45) is 3.51. The second-order valence-electron chi connectivity index (χ2n) is 7.05. The van der Waals surface area contributed by atoms with E-state index in [1.165, 1.54) is 11.3 Å². The van der Waals surface area contributed by atoms with Crippen molar-refractivity contribution in [2.75, 3.05) is 19.7 Å². The standard InChI is InChI=1S/C19H23N3O3S/c1-14-3-2-4-17(21-14)25-15-5-10-24-19(11-15)6-8-22(9-7-19)18(23)16-12-26-13-20-16/h2-4,12-13,15H,5-11H2,1H3. The van der Waals surface area contributed by atoms with Gasteiger partial charge in [0.25, 0.3) is 5.91 Å². The number of aromatic nitrogens is 2. The molecule has 1 unspecified atom stereocenters. The number of likely N-dealkylation sites (tertiary alicyclic amines) is 1. The van der Waals surface area contributed by atoms with Gasteiger partial charge < -0.3 is 14.4 Å². The molecular formula is C19H23N3O3S. The first kappa shape index (κ1) is 17.4. The van der Waals surface area contributed by atoms with E-state index in [-0.39, 0.29) is 17.6 Å². The van der Waals surface area contributed by atoms with Crippen LogP contribution in [0.25, 0.3) is 0 Å². The zero-order chi connectivity index (χ0) is 18.0. The molecule has 4 heterocycles. The fourth-order valence-corrected chi connectivity index (χ4v) is 4.31. The fraction of sp³-hybridized carbons (Fsp3) is 0.526. The van der Waals surface area contributed by atoms with Gasteiger partial charge in [-0.2, -0.15) is 0 Å². The summed E-state index contributed by atoms with van der Waals surface area (Å²) in [5, 5.41) is 1.81. The van der Waals surface area contributed by atoms with Crippen LogP contribution < -0.4 is 4.74 Å². The van der Waals surface area contributed by atoms with Crippen molar-refractivity contribution in [1.82, 2.24) is 14.9 Å². The van der Waals surface area contributed by atoms with Crippen molar-refractivity contribution in [3.8, 4) is 5.88 Å². The molecule has 0 radical (unpaired) electrons. The highest BCUT2D eigenvalue weighted by Gasteiger charge is 2.42. The van der Waals surface area contributed by atoms with Crippen LogP contribution in [-0.4, -0.2) is 52.2 Å². The fourth-order valence-electron chi connectivity index (χ4n) is 3.78. The molecular weight excluding hydrogens is 350 g/mol. The first-order valence-corrected chi connectivity index (χ1v) is 10.00. The van der Waals surface area contributed by atoms with Gasteiger partial charge in [-0.15, -0.1) is 11.3 Å². The van der Waals surface area contributed by atoms with E-state index in [4.69, 9.17) is 9.47 Å². The number of ether oxygens (including phenoxy) is 2. The van der Waals surface area contributed by atoms with Crippen molar-refractivity contribution in [3.63, 3.8) is 0 Å². The number of aryl methyl sites for hydroxylation is 1. The Kier molecular flexibility index (Phi) is 4.91. The minimum absolute atomic E-state index is 0.0219. The van der Waals surface area contributed by atoms with E-state index in [1.807, 2.05) is 35.4 Å². The smallest absolute Gasteiger partial charge is 0.273 e. The van der Waals surface area contributed by atoms with E-state index < -0.39 is 0 Å². The normalized spacial score (nSPS) is 22.3. The van der Waals surface area contributed by atoms with Gasteiger partial charge in [-0.05, 0) is 25.8 Å². The van der Waals surface area contributed by atoms with Crippen LogP contribution in [0.5, 0.6) is 5.88 Å². The number of hydrogen-bond acceptors (Lipinski definition) is 6. The minimum atomic E-state index is -0.189. The number of rotatable bonds is 3. The lowest BCUT2D eigenvalue weighted by Crippen LogP contribution is -2.52. The van der Waals surface area contributed by atoms with Crippen LogP contribution in [0, 0.1) is 6.92 Å². The summed E-state index contributed by atoms with van der Waals surface area (Å²) in [6, 6.07) is 5.84. The van der Waals surface area contributed by atoms with E-state index in [9.17, 15) is 4.79 Å². The number of pyridine rings is 1. The van der Waals surface area contributed by atoms with Crippen molar-refractivity contribution >= 4 is 17.2 Å². The van der Waals surface area contributed by atoms with Crippen LogP contribution in [0.1, 0.15) is 41.9 Å². The molecule has 1 amide bonds. The molecule has 26 heavy (non-hydrogen) atoms. The van der Waals surface area contributed by atoms with E-state index in [0.29, 0.717) is 31.3 Å². The third-order valence-corrected chi connectivity index (χ3v) is 5.80. The maximum atomic E-state index is 12.5. The summed E-state index contributed by atoms with van der Waals surface area (Å²) in [5.41, 5.74) is 3.01. The first-order chi connectivity index (χ1) is 12.6. The third-order valence-electron chi connectivity index (χ3n) is 5.21. The van der Waals surface area contributed by atoms with Crippen molar-refractivity contribution < 1.29 is 14.3 Å². The van der Waals surface area contributed by atoms with Crippen molar-refractivity contribution in [1.29, 1.82) is 0 Å². The predicted octanol–water partition coefficient (Wildman–Crippen LogP) is 3.08. The SMILES string of the molecule is Cc1cccc(OC2CCOC3(CCN(C(=O)c4cscn4)CC3)C2)n1. The minimum Gasteiger partial charge on any atom is -0.474 e. The second-order valence-corrected chi connectivity index (χ2v) is 7.77. The topological polar surface area (TPSA) is 64.6 Å². The average molecular weight is 373 g/mol. The zero-order valence-electron chi connectivity index (χ0n) is 14.9. The van der Waals surface area contributed by atoms with Gasteiger partial charge in [0, 0.05) is 43.1 Å². The Morgan fingerprint density at radius 1 is 1.38 bits per heavy atom. The number of amides is 1. The lowest BCUT2D eigenvalue weighted by Gasteiger charge is -2.45. The highest BCUT2D eigenvalue weighted by Crippen LogP contribution is 2.36. The van der Waals surface area contributed by atoms with Crippen LogP contribution in [0.15, 0.2) is 29.1 Å². The Balaban J connectivity index is 1.36. The molecule has 0 bridgehead atoms. The Morgan fingerprint density at radius 3 is 2.96 bits per heavy atom. The highest BCUT2D eigenvalue weighted by atomic mass is 32.1. The Labute approximate surface area is 157 Å². The largest absolute Gasteiger partial charge is 0.474 e. The number of carbonyl (C=O) groups is 1. The molecule has 6 nitrogen and oxygen atoms in total.